The van der Waals surface area contributed by atoms with Gasteiger partial charge in [0.1, 0.15) is 11.5 Å². The molecule has 1 fully saturated rings. The number of aliphatic hydroxyl groups is 1. The quantitative estimate of drug-likeness (QED) is 0.881. The van der Waals surface area contributed by atoms with Gasteiger partial charge in [-0.2, -0.15) is 0 Å². The molecule has 2 rings (SSSR count). The number of benzene rings is 1. The summed E-state index contributed by atoms with van der Waals surface area (Å²) in [6.07, 6.45) is 3.13. The summed E-state index contributed by atoms with van der Waals surface area (Å²) in [5.41, 5.74) is 0.450. The van der Waals surface area contributed by atoms with Crippen molar-refractivity contribution in [3.63, 3.8) is 0 Å². The Hall–Kier alpha value is -1.75. The predicted molar refractivity (Wildman–Crippen MR) is 75.3 cm³/mol. The predicted octanol–water partition coefficient (Wildman–Crippen LogP) is 1.74. The maximum atomic E-state index is 12.3. The lowest BCUT2D eigenvalue weighted by molar-refractivity contribution is 0.0715. The number of carbonyl (C=O) groups is 1. The number of hydrogen-bond donors (Lipinski definition) is 2. The van der Waals surface area contributed by atoms with Gasteiger partial charge in [0.25, 0.3) is 5.91 Å². The maximum absolute atomic E-state index is 12.3. The van der Waals surface area contributed by atoms with Crippen molar-refractivity contribution >= 4 is 5.91 Å². The third-order valence-corrected chi connectivity index (χ3v) is 3.70. The lowest BCUT2D eigenvalue weighted by atomic mass is 9.92. The molecule has 1 aliphatic carbocycles. The number of rotatable bonds is 4. The first kappa shape index (κ1) is 14.7. The van der Waals surface area contributed by atoms with Crippen molar-refractivity contribution in [2.45, 2.75) is 37.8 Å². The molecule has 0 aliphatic heterocycles. The molecule has 0 aromatic heterocycles. The Morgan fingerprint density at radius 2 is 2.00 bits per heavy atom. The van der Waals surface area contributed by atoms with E-state index in [1.807, 2.05) is 0 Å². The topological polar surface area (TPSA) is 67.8 Å². The molecule has 0 heterocycles. The van der Waals surface area contributed by atoms with E-state index < -0.39 is 6.10 Å². The molecule has 0 saturated heterocycles. The van der Waals surface area contributed by atoms with Crippen LogP contribution in [0.4, 0.5) is 0 Å². The fourth-order valence-corrected chi connectivity index (χ4v) is 2.51. The standard InChI is InChI=1S/C15H21NO4/c1-19-10-7-8-11(14(9-10)20-2)15(18)16-12-5-3-4-6-13(12)17/h7-9,12-13,17H,3-6H2,1-2H3,(H,16,18). The lowest BCUT2D eigenvalue weighted by Gasteiger charge is -2.28. The Balaban J connectivity index is 2.12. The fraction of sp³-hybridized carbons (Fsp3) is 0.533. The van der Waals surface area contributed by atoms with Crippen molar-refractivity contribution in [3.05, 3.63) is 23.8 Å². The van der Waals surface area contributed by atoms with Crippen LogP contribution in [0.3, 0.4) is 0 Å². The molecule has 5 nitrogen and oxygen atoms in total. The second kappa shape index (κ2) is 6.61. The zero-order chi connectivity index (χ0) is 14.5. The summed E-state index contributed by atoms with van der Waals surface area (Å²) in [4.78, 5) is 12.3. The minimum absolute atomic E-state index is 0.178. The number of methoxy groups -OCH3 is 2. The van der Waals surface area contributed by atoms with E-state index in [0.29, 0.717) is 17.1 Å². The second-order valence-corrected chi connectivity index (χ2v) is 5.00. The van der Waals surface area contributed by atoms with Crippen LogP contribution in [0.1, 0.15) is 36.0 Å². The van der Waals surface area contributed by atoms with Crippen LogP contribution in [0.2, 0.25) is 0 Å². The molecule has 2 atom stereocenters. The first-order valence-corrected chi connectivity index (χ1v) is 6.86. The van der Waals surface area contributed by atoms with Gasteiger partial charge in [-0.05, 0) is 25.0 Å². The molecule has 1 aliphatic rings. The SMILES string of the molecule is COc1ccc(C(=O)NC2CCCCC2O)c(OC)c1. The normalized spacial score (nSPS) is 22.1. The summed E-state index contributed by atoms with van der Waals surface area (Å²) >= 11 is 0. The van der Waals surface area contributed by atoms with E-state index in [9.17, 15) is 9.90 Å². The lowest BCUT2D eigenvalue weighted by Crippen LogP contribution is -2.45. The first-order chi connectivity index (χ1) is 9.65. The van der Waals surface area contributed by atoms with Gasteiger partial charge in [0, 0.05) is 6.07 Å². The number of ether oxygens (including phenoxy) is 2. The van der Waals surface area contributed by atoms with Crippen LogP contribution < -0.4 is 14.8 Å². The Labute approximate surface area is 118 Å². The zero-order valence-corrected chi connectivity index (χ0v) is 11.9. The highest BCUT2D eigenvalue weighted by Gasteiger charge is 2.25. The molecule has 0 spiro atoms. The molecule has 20 heavy (non-hydrogen) atoms. The number of carbonyl (C=O) groups excluding carboxylic acids is 1. The summed E-state index contributed by atoms with van der Waals surface area (Å²) in [7, 11) is 3.08. The van der Waals surface area contributed by atoms with Gasteiger partial charge in [-0.15, -0.1) is 0 Å². The molecule has 0 bridgehead atoms. The van der Waals surface area contributed by atoms with Gasteiger partial charge < -0.3 is 19.9 Å². The van der Waals surface area contributed by atoms with Gasteiger partial charge >= 0.3 is 0 Å². The molecular weight excluding hydrogens is 258 g/mol. The molecule has 1 saturated carbocycles. The molecule has 2 N–H and O–H groups in total. The fourth-order valence-electron chi connectivity index (χ4n) is 2.51. The van der Waals surface area contributed by atoms with Crippen LogP contribution in [-0.2, 0) is 0 Å². The maximum Gasteiger partial charge on any atom is 0.255 e. The Bertz CT molecular complexity index is 475. The molecule has 110 valence electrons. The molecule has 1 aromatic carbocycles. The van der Waals surface area contributed by atoms with Crippen molar-refractivity contribution in [1.29, 1.82) is 0 Å². The van der Waals surface area contributed by atoms with Crippen molar-refractivity contribution in [3.8, 4) is 11.5 Å². The number of amides is 1. The largest absolute Gasteiger partial charge is 0.497 e. The summed E-state index contributed by atoms with van der Waals surface area (Å²) in [6.45, 7) is 0. The zero-order valence-electron chi connectivity index (χ0n) is 11.9. The van der Waals surface area contributed by atoms with E-state index in [1.54, 1.807) is 25.3 Å². The van der Waals surface area contributed by atoms with Crippen molar-refractivity contribution in [2.24, 2.45) is 0 Å². The summed E-state index contributed by atoms with van der Waals surface area (Å²) in [6, 6.07) is 4.88. The van der Waals surface area contributed by atoms with Crippen LogP contribution in [0.5, 0.6) is 11.5 Å². The Morgan fingerprint density at radius 1 is 1.25 bits per heavy atom. The first-order valence-electron chi connectivity index (χ1n) is 6.86. The highest BCUT2D eigenvalue weighted by atomic mass is 16.5. The Kier molecular flexibility index (Phi) is 4.84. The number of nitrogens with one attached hydrogen (secondary N) is 1. The minimum Gasteiger partial charge on any atom is -0.497 e. The third-order valence-electron chi connectivity index (χ3n) is 3.70. The minimum atomic E-state index is -0.461. The monoisotopic (exact) mass is 279 g/mol. The number of hydrogen-bond acceptors (Lipinski definition) is 4. The van der Waals surface area contributed by atoms with Crippen LogP contribution >= 0.6 is 0 Å². The second-order valence-electron chi connectivity index (χ2n) is 5.00. The number of aliphatic hydroxyl groups excluding tert-OH is 1. The Morgan fingerprint density at radius 3 is 2.65 bits per heavy atom. The smallest absolute Gasteiger partial charge is 0.255 e. The van der Waals surface area contributed by atoms with Gasteiger partial charge in [-0.3, -0.25) is 4.79 Å². The van der Waals surface area contributed by atoms with Crippen molar-refractivity contribution in [2.75, 3.05) is 14.2 Å². The van der Waals surface area contributed by atoms with Crippen molar-refractivity contribution < 1.29 is 19.4 Å². The summed E-state index contributed by atoms with van der Waals surface area (Å²) in [5, 5.41) is 12.8. The van der Waals surface area contributed by atoms with Crippen LogP contribution in [0, 0.1) is 0 Å². The van der Waals surface area contributed by atoms with E-state index in [2.05, 4.69) is 5.32 Å². The average molecular weight is 279 g/mol. The van der Waals surface area contributed by atoms with Crippen LogP contribution in [0.15, 0.2) is 18.2 Å². The van der Waals surface area contributed by atoms with E-state index >= 15 is 0 Å². The molecular formula is C15H21NO4. The van der Waals surface area contributed by atoms with Gasteiger partial charge in [-0.1, -0.05) is 12.8 Å². The van der Waals surface area contributed by atoms with Crippen LogP contribution in [0.25, 0.3) is 0 Å². The van der Waals surface area contributed by atoms with Gasteiger partial charge in [0.2, 0.25) is 0 Å². The molecule has 0 radical (unpaired) electrons. The highest BCUT2D eigenvalue weighted by molar-refractivity contribution is 5.97. The molecule has 2 unspecified atom stereocenters. The van der Waals surface area contributed by atoms with Crippen molar-refractivity contribution in [1.82, 2.24) is 5.32 Å². The van der Waals surface area contributed by atoms with Gasteiger partial charge in [-0.25, -0.2) is 0 Å². The van der Waals surface area contributed by atoms with Crippen LogP contribution in [-0.4, -0.2) is 37.4 Å². The van der Waals surface area contributed by atoms with Gasteiger partial charge in [0.05, 0.1) is 31.9 Å². The van der Waals surface area contributed by atoms with Gasteiger partial charge in [0.15, 0.2) is 0 Å². The highest BCUT2D eigenvalue weighted by Crippen LogP contribution is 2.25. The molecule has 5 heteroatoms. The van der Waals surface area contributed by atoms with E-state index in [4.69, 9.17) is 9.47 Å². The van der Waals surface area contributed by atoms with E-state index in [0.717, 1.165) is 25.7 Å². The average Bonchev–Trinajstić information content (AvgIpc) is 2.48. The summed E-state index contributed by atoms with van der Waals surface area (Å²) < 4.78 is 10.3. The van der Waals surface area contributed by atoms with E-state index in [-0.39, 0.29) is 11.9 Å². The molecule has 1 aromatic rings. The molecule has 1 amide bonds. The summed E-state index contributed by atoms with van der Waals surface area (Å²) in [5.74, 6) is 0.874. The third kappa shape index (κ3) is 3.22. The van der Waals surface area contributed by atoms with E-state index in [1.165, 1.54) is 7.11 Å².